The molecule has 0 bridgehead atoms. The van der Waals surface area contributed by atoms with Gasteiger partial charge in [0.15, 0.2) is 0 Å². The summed E-state index contributed by atoms with van der Waals surface area (Å²) in [6.45, 7) is 3.45. The molecule has 0 aliphatic carbocycles. The Labute approximate surface area is 108 Å². The first-order valence-corrected chi connectivity index (χ1v) is 5.65. The van der Waals surface area contributed by atoms with E-state index < -0.39 is 18.0 Å². The molecule has 19 heavy (non-hydrogen) atoms. The van der Waals surface area contributed by atoms with E-state index in [1.165, 1.54) is 6.92 Å². The van der Waals surface area contributed by atoms with Crippen molar-refractivity contribution in [3.05, 3.63) is 23.3 Å². The first-order chi connectivity index (χ1) is 8.82. The van der Waals surface area contributed by atoms with E-state index in [0.717, 1.165) is 6.07 Å². The summed E-state index contributed by atoms with van der Waals surface area (Å²) in [4.78, 5) is 18.3. The number of ether oxygens (including phenoxy) is 1. The van der Waals surface area contributed by atoms with Gasteiger partial charge in [0.05, 0.1) is 6.61 Å². The molecule has 0 aromatic carbocycles. The van der Waals surface area contributed by atoms with Crippen LogP contribution in [-0.2, 0) is 17.3 Å². The van der Waals surface area contributed by atoms with Gasteiger partial charge in [0, 0.05) is 18.7 Å². The van der Waals surface area contributed by atoms with E-state index in [0.29, 0.717) is 0 Å². The molecule has 1 heterocycles. The first kappa shape index (κ1) is 15.2. The van der Waals surface area contributed by atoms with Crippen molar-refractivity contribution in [3.8, 4) is 0 Å². The monoisotopic (exact) mass is 277 g/mol. The van der Waals surface area contributed by atoms with Crippen LogP contribution in [-0.4, -0.2) is 29.2 Å². The minimum atomic E-state index is -4.50. The second kappa shape index (κ2) is 6.35. The molecule has 0 saturated heterocycles. The highest BCUT2D eigenvalue weighted by Crippen LogP contribution is 2.27. The minimum absolute atomic E-state index is 0.0316. The zero-order valence-electron chi connectivity index (χ0n) is 10.5. The lowest BCUT2D eigenvalue weighted by Crippen LogP contribution is -2.27. The number of carbonyl (C=O) groups excluding carboxylic acids is 1. The molecule has 106 valence electrons. The standard InChI is InChI=1S/C11H14F3N3O2/c1-3-19-10(18)15-5-4-9-16-7(2)6-8(17-9)11(12,13)14/h6H,3-5H2,1-2H3,(H,15,18). The lowest BCUT2D eigenvalue weighted by molar-refractivity contribution is -0.141. The van der Waals surface area contributed by atoms with Crippen LogP contribution in [0.5, 0.6) is 0 Å². The van der Waals surface area contributed by atoms with E-state index in [1.54, 1.807) is 6.92 Å². The van der Waals surface area contributed by atoms with Crippen molar-refractivity contribution < 1.29 is 22.7 Å². The number of aromatic nitrogens is 2. The molecule has 0 unspecified atom stereocenters. The van der Waals surface area contributed by atoms with E-state index in [-0.39, 0.29) is 31.1 Å². The Kier molecular flexibility index (Phi) is 5.08. The zero-order valence-corrected chi connectivity index (χ0v) is 10.5. The Hall–Kier alpha value is -1.86. The van der Waals surface area contributed by atoms with Crippen molar-refractivity contribution in [1.82, 2.24) is 15.3 Å². The lowest BCUT2D eigenvalue weighted by Gasteiger charge is -2.09. The second-order valence-electron chi connectivity index (χ2n) is 3.71. The van der Waals surface area contributed by atoms with Gasteiger partial charge in [-0.1, -0.05) is 0 Å². The smallest absolute Gasteiger partial charge is 0.433 e. The number of nitrogens with zero attached hydrogens (tertiary/aromatic N) is 2. The van der Waals surface area contributed by atoms with Gasteiger partial charge >= 0.3 is 12.3 Å². The molecule has 0 aliphatic heterocycles. The van der Waals surface area contributed by atoms with Gasteiger partial charge in [-0.3, -0.25) is 0 Å². The van der Waals surface area contributed by atoms with Crippen LogP contribution < -0.4 is 5.32 Å². The van der Waals surface area contributed by atoms with Gasteiger partial charge in [-0.2, -0.15) is 13.2 Å². The van der Waals surface area contributed by atoms with Crippen LogP contribution in [0.1, 0.15) is 24.1 Å². The van der Waals surface area contributed by atoms with Crippen LogP contribution in [0, 0.1) is 6.92 Å². The number of alkyl carbamates (subject to hydrolysis) is 1. The third-order valence-corrected chi connectivity index (χ3v) is 2.08. The summed E-state index contributed by atoms with van der Waals surface area (Å²) in [5.74, 6) is 0.0316. The number of rotatable bonds is 4. The maximum atomic E-state index is 12.5. The first-order valence-electron chi connectivity index (χ1n) is 5.65. The van der Waals surface area contributed by atoms with Gasteiger partial charge in [-0.25, -0.2) is 14.8 Å². The molecule has 1 aromatic rings. The lowest BCUT2D eigenvalue weighted by atomic mass is 10.3. The summed E-state index contributed by atoms with van der Waals surface area (Å²) >= 11 is 0. The minimum Gasteiger partial charge on any atom is -0.450 e. The van der Waals surface area contributed by atoms with Gasteiger partial charge in [-0.05, 0) is 19.9 Å². The van der Waals surface area contributed by atoms with E-state index in [1.807, 2.05) is 0 Å². The van der Waals surface area contributed by atoms with Gasteiger partial charge < -0.3 is 10.1 Å². The highest BCUT2D eigenvalue weighted by molar-refractivity contribution is 5.66. The quantitative estimate of drug-likeness (QED) is 0.915. The van der Waals surface area contributed by atoms with Gasteiger partial charge in [0.2, 0.25) is 0 Å². The Balaban J connectivity index is 2.64. The zero-order chi connectivity index (χ0) is 14.5. The highest BCUT2D eigenvalue weighted by atomic mass is 19.4. The Morgan fingerprint density at radius 2 is 2.11 bits per heavy atom. The summed E-state index contributed by atoms with van der Waals surface area (Å²) in [6.07, 6.45) is -5.02. The SMILES string of the molecule is CCOC(=O)NCCc1nc(C)cc(C(F)(F)F)n1. The van der Waals surface area contributed by atoms with Crippen molar-refractivity contribution in [1.29, 1.82) is 0 Å². The summed E-state index contributed by atoms with van der Waals surface area (Å²) in [5.41, 5.74) is -0.750. The molecule has 1 N–H and O–H groups in total. The second-order valence-corrected chi connectivity index (χ2v) is 3.71. The number of carbonyl (C=O) groups is 1. The molecule has 0 saturated carbocycles. The third kappa shape index (κ3) is 5.11. The summed E-state index contributed by atoms with van der Waals surface area (Å²) in [7, 11) is 0. The number of nitrogens with one attached hydrogen (secondary N) is 1. The van der Waals surface area contributed by atoms with Crippen LogP contribution in [0.25, 0.3) is 0 Å². The summed E-state index contributed by atoms with van der Waals surface area (Å²) in [6, 6.07) is 0.877. The van der Waals surface area contributed by atoms with Crippen molar-refractivity contribution in [2.75, 3.05) is 13.2 Å². The fraction of sp³-hybridized carbons (Fsp3) is 0.545. The van der Waals surface area contributed by atoms with Crippen molar-refractivity contribution in [2.45, 2.75) is 26.4 Å². The number of halogens is 3. The molecule has 0 aliphatic rings. The molecule has 5 nitrogen and oxygen atoms in total. The van der Waals surface area contributed by atoms with E-state index in [2.05, 4.69) is 20.0 Å². The molecule has 8 heteroatoms. The Bertz CT molecular complexity index is 449. The molecular weight excluding hydrogens is 263 g/mol. The predicted octanol–water partition coefficient (Wildman–Crippen LogP) is 2.09. The van der Waals surface area contributed by atoms with E-state index in [9.17, 15) is 18.0 Å². The van der Waals surface area contributed by atoms with Crippen molar-refractivity contribution in [2.24, 2.45) is 0 Å². The predicted molar refractivity (Wildman–Crippen MR) is 60.5 cm³/mol. The average Bonchev–Trinajstić information content (AvgIpc) is 2.27. The normalized spacial score (nSPS) is 11.2. The van der Waals surface area contributed by atoms with Gasteiger partial charge in [0.25, 0.3) is 0 Å². The number of hydrogen-bond donors (Lipinski definition) is 1. The Morgan fingerprint density at radius 1 is 1.42 bits per heavy atom. The molecule has 1 aromatic heterocycles. The van der Waals surface area contributed by atoms with E-state index >= 15 is 0 Å². The number of aryl methyl sites for hydroxylation is 1. The number of alkyl halides is 3. The highest BCUT2D eigenvalue weighted by Gasteiger charge is 2.33. The molecule has 0 fully saturated rings. The van der Waals surface area contributed by atoms with Crippen LogP contribution in [0.2, 0.25) is 0 Å². The molecular formula is C11H14F3N3O2. The average molecular weight is 277 g/mol. The van der Waals surface area contributed by atoms with Crippen LogP contribution >= 0.6 is 0 Å². The topological polar surface area (TPSA) is 64.1 Å². The van der Waals surface area contributed by atoms with Crippen molar-refractivity contribution in [3.63, 3.8) is 0 Å². The molecule has 0 spiro atoms. The maximum Gasteiger partial charge on any atom is 0.433 e. The Morgan fingerprint density at radius 3 is 2.68 bits per heavy atom. The maximum absolute atomic E-state index is 12.5. The molecule has 0 atom stereocenters. The third-order valence-electron chi connectivity index (χ3n) is 2.08. The fourth-order valence-corrected chi connectivity index (χ4v) is 1.35. The number of hydrogen-bond acceptors (Lipinski definition) is 4. The molecule has 0 radical (unpaired) electrons. The molecule has 1 rings (SSSR count). The van der Waals surface area contributed by atoms with Crippen LogP contribution in [0.15, 0.2) is 6.07 Å². The van der Waals surface area contributed by atoms with Crippen LogP contribution in [0.3, 0.4) is 0 Å². The van der Waals surface area contributed by atoms with Gasteiger partial charge in [0.1, 0.15) is 11.5 Å². The number of amides is 1. The van der Waals surface area contributed by atoms with Gasteiger partial charge in [-0.15, -0.1) is 0 Å². The van der Waals surface area contributed by atoms with E-state index in [4.69, 9.17) is 0 Å². The van der Waals surface area contributed by atoms with Crippen molar-refractivity contribution >= 4 is 6.09 Å². The fourth-order valence-electron chi connectivity index (χ4n) is 1.35. The summed E-state index contributed by atoms with van der Waals surface area (Å²) < 4.78 is 42.2. The van der Waals surface area contributed by atoms with Crippen LogP contribution in [0.4, 0.5) is 18.0 Å². The largest absolute Gasteiger partial charge is 0.450 e. The molecule has 1 amide bonds. The summed E-state index contributed by atoms with van der Waals surface area (Å²) in [5, 5.41) is 2.39.